The lowest BCUT2D eigenvalue weighted by molar-refractivity contribution is 0.626. The first-order valence-corrected chi connectivity index (χ1v) is 6.10. The fourth-order valence-corrected chi connectivity index (χ4v) is 2.12. The highest BCUT2D eigenvalue weighted by atomic mass is 19.1. The van der Waals surface area contributed by atoms with E-state index in [4.69, 9.17) is 5.73 Å². The predicted octanol–water partition coefficient (Wildman–Crippen LogP) is 3.42. The molecule has 0 spiro atoms. The van der Waals surface area contributed by atoms with Crippen LogP contribution in [0.15, 0.2) is 60.8 Å². The highest BCUT2D eigenvalue weighted by Gasteiger charge is 2.10. The normalized spacial score (nSPS) is 12.5. The first-order chi connectivity index (χ1) is 9.24. The van der Waals surface area contributed by atoms with Crippen LogP contribution in [0.5, 0.6) is 0 Å². The summed E-state index contributed by atoms with van der Waals surface area (Å²) in [5, 5.41) is 1.05. The van der Waals surface area contributed by atoms with Gasteiger partial charge in [-0.15, -0.1) is 0 Å². The van der Waals surface area contributed by atoms with Crippen LogP contribution >= 0.6 is 0 Å². The molecule has 3 heteroatoms. The van der Waals surface area contributed by atoms with Crippen molar-refractivity contribution < 1.29 is 4.39 Å². The molecule has 1 heterocycles. The summed E-state index contributed by atoms with van der Waals surface area (Å²) in [4.78, 5) is 4.39. The van der Waals surface area contributed by atoms with E-state index in [1.807, 2.05) is 30.3 Å². The summed E-state index contributed by atoms with van der Waals surface area (Å²) in [6, 6.07) is 15.9. The number of aromatic nitrogens is 1. The SMILES string of the molecule is NC(c1ccc(F)cc1)c1cnc2ccccc2c1. The lowest BCUT2D eigenvalue weighted by Gasteiger charge is -2.12. The van der Waals surface area contributed by atoms with Gasteiger partial charge in [0.15, 0.2) is 0 Å². The van der Waals surface area contributed by atoms with E-state index in [1.165, 1.54) is 12.1 Å². The topological polar surface area (TPSA) is 38.9 Å². The van der Waals surface area contributed by atoms with E-state index in [0.29, 0.717) is 0 Å². The van der Waals surface area contributed by atoms with Crippen LogP contribution in [0, 0.1) is 5.82 Å². The van der Waals surface area contributed by atoms with Crippen LogP contribution in [0.4, 0.5) is 4.39 Å². The van der Waals surface area contributed by atoms with Crippen LogP contribution in [-0.4, -0.2) is 4.98 Å². The number of fused-ring (bicyclic) bond motifs is 1. The summed E-state index contributed by atoms with van der Waals surface area (Å²) in [6.07, 6.45) is 1.77. The van der Waals surface area contributed by atoms with Crippen molar-refractivity contribution in [1.29, 1.82) is 0 Å². The highest BCUT2D eigenvalue weighted by molar-refractivity contribution is 5.78. The number of nitrogens with two attached hydrogens (primary N) is 1. The molecule has 0 saturated heterocycles. The molecule has 94 valence electrons. The molecule has 2 N–H and O–H groups in total. The maximum absolute atomic E-state index is 12.9. The fourth-order valence-electron chi connectivity index (χ4n) is 2.12. The predicted molar refractivity (Wildman–Crippen MR) is 74.2 cm³/mol. The second-order valence-electron chi connectivity index (χ2n) is 4.49. The highest BCUT2D eigenvalue weighted by Crippen LogP contribution is 2.22. The molecular weight excluding hydrogens is 239 g/mol. The molecule has 0 radical (unpaired) electrons. The van der Waals surface area contributed by atoms with E-state index in [0.717, 1.165) is 22.0 Å². The fraction of sp³-hybridized carbons (Fsp3) is 0.0625. The van der Waals surface area contributed by atoms with Crippen molar-refractivity contribution in [1.82, 2.24) is 4.98 Å². The zero-order chi connectivity index (χ0) is 13.2. The average molecular weight is 252 g/mol. The van der Waals surface area contributed by atoms with E-state index in [1.54, 1.807) is 18.3 Å². The van der Waals surface area contributed by atoms with Gasteiger partial charge in [0.05, 0.1) is 11.6 Å². The first-order valence-electron chi connectivity index (χ1n) is 6.10. The molecule has 2 nitrogen and oxygen atoms in total. The molecule has 3 aromatic rings. The van der Waals surface area contributed by atoms with Gasteiger partial charge in [0.1, 0.15) is 5.82 Å². The Morgan fingerprint density at radius 3 is 2.47 bits per heavy atom. The summed E-state index contributed by atoms with van der Waals surface area (Å²) in [7, 11) is 0. The van der Waals surface area contributed by atoms with Gasteiger partial charge in [-0.3, -0.25) is 4.98 Å². The molecule has 0 saturated carbocycles. The third kappa shape index (κ3) is 2.33. The molecule has 1 aromatic heterocycles. The molecule has 0 aliphatic carbocycles. The molecule has 0 aliphatic heterocycles. The number of pyridine rings is 1. The Labute approximate surface area is 110 Å². The Morgan fingerprint density at radius 2 is 1.68 bits per heavy atom. The molecule has 1 unspecified atom stereocenters. The Kier molecular flexibility index (Phi) is 2.97. The number of nitrogens with zero attached hydrogens (tertiary/aromatic N) is 1. The van der Waals surface area contributed by atoms with Gasteiger partial charge in [0.2, 0.25) is 0 Å². The van der Waals surface area contributed by atoms with E-state index in [2.05, 4.69) is 4.98 Å². The standard InChI is InChI=1S/C16H13FN2/c17-14-7-5-11(6-8-14)16(18)13-9-12-3-1-2-4-15(12)19-10-13/h1-10,16H,18H2. The molecule has 0 bridgehead atoms. The zero-order valence-electron chi connectivity index (χ0n) is 10.3. The third-order valence-corrected chi connectivity index (χ3v) is 3.20. The number of hydrogen-bond acceptors (Lipinski definition) is 2. The Balaban J connectivity index is 2.01. The molecule has 19 heavy (non-hydrogen) atoms. The van der Waals surface area contributed by atoms with Gasteiger partial charge in [-0.25, -0.2) is 4.39 Å². The van der Waals surface area contributed by atoms with Crippen molar-refractivity contribution in [2.75, 3.05) is 0 Å². The summed E-state index contributed by atoms with van der Waals surface area (Å²) >= 11 is 0. The monoisotopic (exact) mass is 252 g/mol. The number of para-hydroxylation sites is 1. The lowest BCUT2D eigenvalue weighted by atomic mass is 10.00. The first kappa shape index (κ1) is 11.8. The molecule has 2 aromatic carbocycles. The Bertz CT molecular complexity index is 707. The maximum Gasteiger partial charge on any atom is 0.123 e. The second-order valence-corrected chi connectivity index (χ2v) is 4.49. The van der Waals surface area contributed by atoms with Crippen LogP contribution in [0.2, 0.25) is 0 Å². The van der Waals surface area contributed by atoms with E-state index >= 15 is 0 Å². The Hall–Kier alpha value is -2.26. The minimum Gasteiger partial charge on any atom is -0.320 e. The number of hydrogen-bond donors (Lipinski definition) is 1. The summed E-state index contributed by atoms with van der Waals surface area (Å²) in [6.45, 7) is 0. The van der Waals surface area contributed by atoms with E-state index < -0.39 is 0 Å². The van der Waals surface area contributed by atoms with Crippen molar-refractivity contribution in [3.05, 3.63) is 77.7 Å². The van der Waals surface area contributed by atoms with Crippen molar-refractivity contribution >= 4 is 10.9 Å². The van der Waals surface area contributed by atoms with Crippen LogP contribution in [0.25, 0.3) is 10.9 Å². The minimum absolute atomic E-state index is 0.257. The van der Waals surface area contributed by atoms with Gasteiger partial charge in [0.25, 0.3) is 0 Å². The minimum atomic E-state index is -0.294. The van der Waals surface area contributed by atoms with Gasteiger partial charge in [0, 0.05) is 11.6 Å². The molecule has 3 rings (SSSR count). The van der Waals surface area contributed by atoms with Crippen LogP contribution < -0.4 is 5.73 Å². The zero-order valence-corrected chi connectivity index (χ0v) is 10.3. The van der Waals surface area contributed by atoms with Gasteiger partial charge in [-0.1, -0.05) is 30.3 Å². The molecule has 0 fully saturated rings. The van der Waals surface area contributed by atoms with Gasteiger partial charge >= 0.3 is 0 Å². The lowest BCUT2D eigenvalue weighted by Crippen LogP contribution is -2.12. The van der Waals surface area contributed by atoms with Crippen LogP contribution in [-0.2, 0) is 0 Å². The van der Waals surface area contributed by atoms with Crippen molar-refractivity contribution in [3.8, 4) is 0 Å². The number of benzene rings is 2. The van der Waals surface area contributed by atoms with Crippen molar-refractivity contribution in [3.63, 3.8) is 0 Å². The summed E-state index contributed by atoms with van der Waals surface area (Å²) < 4.78 is 12.9. The van der Waals surface area contributed by atoms with Crippen LogP contribution in [0.1, 0.15) is 17.2 Å². The van der Waals surface area contributed by atoms with E-state index in [9.17, 15) is 4.39 Å². The quantitative estimate of drug-likeness (QED) is 0.759. The Morgan fingerprint density at radius 1 is 0.947 bits per heavy atom. The van der Waals surface area contributed by atoms with Gasteiger partial charge in [-0.05, 0) is 35.4 Å². The molecule has 1 atom stereocenters. The van der Waals surface area contributed by atoms with Crippen molar-refractivity contribution in [2.45, 2.75) is 6.04 Å². The van der Waals surface area contributed by atoms with Gasteiger partial charge < -0.3 is 5.73 Å². The number of halogens is 1. The average Bonchev–Trinajstić information content (AvgIpc) is 2.47. The summed E-state index contributed by atoms with van der Waals surface area (Å²) in [5.41, 5.74) is 8.93. The second kappa shape index (κ2) is 4.78. The molecule has 0 aliphatic rings. The van der Waals surface area contributed by atoms with E-state index in [-0.39, 0.29) is 11.9 Å². The number of rotatable bonds is 2. The maximum atomic E-state index is 12.9. The largest absolute Gasteiger partial charge is 0.320 e. The smallest absolute Gasteiger partial charge is 0.123 e. The van der Waals surface area contributed by atoms with Crippen molar-refractivity contribution in [2.24, 2.45) is 5.73 Å². The molecular formula is C16H13FN2. The van der Waals surface area contributed by atoms with Gasteiger partial charge in [-0.2, -0.15) is 0 Å². The third-order valence-electron chi connectivity index (χ3n) is 3.20. The summed E-state index contributed by atoms with van der Waals surface area (Å²) in [5.74, 6) is -0.257. The molecule has 0 amide bonds. The van der Waals surface area contributed by atoms with Crippen LogP contribution in [0.3, 0.4) is 0 Å².